The van der Waals surface area contributed by atoms with Gasteiger partial charge >= 0.3 is 0 Å². The molecule has 0 unspecified atom stereocenters. The molecule has 0 aliphatic rings. The number of alkyl halides is 2. The third kappa shape index (κ3) is 1.73. The van der Waals surface area contributed by atoms with Gasteiger partial charge in [0, 0.05) is 11.8 Å². The molecule has 0 radical (unpaired) electrons. The zero-order chi connectivity index (χ0) is 9.30. The van der Waals surface area contributed by atoms with E-state index in [4.69, 9.17) is 0 Å². The molecule has 1 heterocycles. The fourth-order valence-electron chi connectivity index (χ4n) is 1.06. The van der Waals surface area contributed by atoms with Gasteiger partial charge in [-0.15, -0.1) is 0 Å². The van der Waals surface area contributed by atoms with Crippen molar-refractivity contribution in [2.75, 3.05) is 0 Å². The minimum absolute atomic E-state index is 0.120. The SMILES string of the molecule is Cc1cnc(I)c(C)c1C(F)F. The summed E-state index contributed by atoms with van der Waals surface area (Å²) in [5, 5.41) is 0. The summed E-state index contributed by atoms with van der Waals surface area (Å²) in [5.74, 6) is 0. The summed E-state index contributed by atoms with van der Waals surface area (Å²) in [7, 11) is 0. The Morgan fingerprint density at radius 3 is 2.42 bits per heavy atom. The highest BCUT2D eigenvalue weighted by atomic mass is 127. The second-order valence-electron chi connectivity index (χ2n) is 2.57. The van der Waals surface area contributed by atoms with E-state index in [0.29, 0.717) is 14.8 Å². The van der Waals surface area contributed by atoms with Gasteiger partial charge in [0.1, 0.15) is 3.70 Å². The first kappa shape index (κ1) is 9.83. The van der Waals surface area contributed by atoms with Crippen LogP contribution in [0, 0.1) is 17.5 Å². The summed E-state index contributed by atoms with van der Waals surface area (Å²) in [6.45, 7) is 3.32. The molecule has 0 saturated heterocycles. The fraction of sp³-hybridized carbons (Fsp3) is 0.375. The molecule has 0 atom stereocenters. The molecule has 0 aliphatic carbocycles. The molecule has 12 heavy (non-hydrogen) atoms. The van der Waals surface area contributed by atoms with Crippen molar-refractivity contribution in [2.24, 2.45) is 0 Å². The summed E-state index contributed by atoms with van der Waals surface area (Å²) in [5.41, 5.74) is 1.27. The van der Waals surface area contributed by atoms with Crippen LogP contribution in [-0.2, 0) is 0 Å². The van der Waals surface area contributed by atoms with Crippen LogP contribution in [-0.4, -0.2) is 4.98 Å². The monoisotopic (exact) mass is 283 g/mol. The smallest absolute Gasteiger partial charge is 0.250 e. The van der Waals surface area contributed by atoms with Crippen molar-refractivity contribution in [3.05, 3.63) is 26.6 Å². The second kappa shape index (κ2) is 3.64. The predicted molar refractivity (Wildman–Crippen MR) is 51.4 cm³/mol. The molecule has 0 N–H and O–H groups in total. The molecule has 66 valence electrons. The summed E-state index contributed by atoms with van der Waals surface area (Å²) in [6, 6.07) is 0. The van der Waals surface area contributed by atoms with E-state index >= 15 is 0 Å². The molecular weight excluding hydrogens is 275 g/mol. The van der Waals surface area contributed by atoms with Crippen LogP contribution >= 0.6 is 22.6 Å². The van der Waals surface area contributed by atoms with Crippen LogP contribution < -0.4 is 0 Å². The first-order valence-electron chi connectivity index (χ1n) is 3.43. The Labute approximate surface area is 83.3 Å². The van der Waals surface area contributed by atoms with Crippen molar-refractivity contribution >= 4 is 22.6 Å². The number of aryl methyl sites for hydroxylation is 1. The lowest BCUT2D eigenvalue weighted by Crippen LogP contribution is -1.98. The van der Waals surface area contributed by atoms with Gasteiger partial charge in [0.05, 0.1) is 0 Å². The average Bonchev–Trinajstić information content (AvgIpc) is 1.97. The highest BCUT2D eigenvalue weighted by Gasteiger charge is 2.15. The summed E-state index contributed by atoms with van der Waals surface area (Å²) in [6.07, 6.45) is -0.919. The van der Waals surface area contributed by atoms with Crippen LogP contribution in [0.3, 0.4) is 0 Å². The molecule has 0 aromatic carbocycles. The molecule has 0 spiro atoms. The molecule has 0 bridgehead atoms. The molecule has 1 aromatic rings. The quantitative estimate of drug-likeness (QED) is 0.569. The predicted octanol–water partition coefficient (Wildman–Crippen LogP) is 3.24. The Hall–Kier alpha value is -0.260. The van der Waals surface area contributed by atoms with Gasteiger partial charge in [0.15, 0.2) is 0 Å². The summed E-state index contributed by atoms with van der Waals surface area (Å²) < 4.78 is 25.5. The van der Waals surface area contributed by atoms with E-state index in [1.165, 1.54) is 6.20 Å². The topological polar surface area (TPSA) is 12.9 Å². The van der Waals surface area contributed by atoms with Crippen molar-refractivity contribution in [1.29, 1.82) is 0 Å². The Morgan fingerprint density at radius 2 is 2.00 bits per heavy atom. The maximum atomic E-state index is 12.4. The van der Waals surface area contributed by atoms with Crippen LogP contribution in [0.2, 0.25) is 0 Å². The molecule has 1 rings (SSSR count). The van der Waals surface area contributed by atoms with Gasteiger partial charge < -0.3 is 0 Å². The Balaban J connectivity index is 3.33. The van der Waals surface area contributed by atoms with Crippen LogP contribution in [0.25, 0.3) is 0 Å². The maximum absolute atomic E-state index is 12.4. The van der Waals surface area contributed by atoms with Gasteiger partial charge in [-0.25, -0.2) is 13.8 Å². The van der Waals surface area contributed by atoms with Gasteiger partial charge in [-0.2, -0.15) is 0 Å². The number of hydrogen-bond acceptors (Lipinski definition) is 1. The first-order valence-corrected chi connectivity index (χ1v) is 4.51. The van der Waals surface area contributed by atoms with Gasteiger partial charge in [-0.05, 0) is 47.6 Å². The lowest BCUT2D eigenvalue weighted by Gasteiger charge is -2.08. The molecule has 1 aromatic heterocycles. The summed E-state index contributed by atoms with van der Waals surface area (Å²) >= 11 is 1.96. The highest BCUT2D eigenvalue weighted by Crippen LogP contribution is 2.27. The van der Waals surface area contributed by atoms with Gasteiger partial charge in [0.25, 0.3) is 6.43 Å². The van der Waals surface area contributed by atoms with E-state index in [-0.39, 0.29) is 5.56 Å². The Kier molecular flexibility index (Phi) is 2.98. The van der Waals surface area contributed by atoms with E-state index in [1.807, 2.05) is 22.6 Å². The van der Waals surface area contributed by atoms with E-state index in [9.17, 15) is 8.78 Å². The number of aromatic nitrogens is 1. The number of halogens is 3. The number of hydrogen-bond donors (Lipinski definition) is 0. The van der Waals surface area contributed by atoms with Crippen LogP contribution in [0.1, 0.15) is 23.1 Å². The lowest BCUT2D eigenvalue weighted by atomic mass is 10.1. The van der Waals surface area contributed by atoms with Crippen molar-refractivity contribution in [3.63, 3.8) is 0 Å². The number of nitrogens with zero attached hydrogens (tertiary/aromatic N) is 1. The van der Waals surface area contributed by atoms with Crippen molar-refractivity contribution in [1.82, 2.24) is 4.98 Å². The van der Waals surface area contributed by atoms with E-state index < -0.39 is 6.43 Å². The maximum Gasteiger partial charge on any atom is 0.264 e. The number of pyridine rings is 1. The fourth-order valence-corrected chi connectivity index (χ4v) is 1.49. The van der Waals surface area contributed by atoms with E-state index in [0.717, 1.165) is 0 Å². The van der Waals surface area contributed by atoms with Crippen LogP contribution in [0.15, 0.2) is 6.20 Å². The zero-order valence-electron chi connectivity index (χ0n) is 6.74. The largest absolute Gasteiger partial charge is 0.264 e. The summed E-state index contributed by atoms with van der Waals surface area (Å²) in [4.78, 5) is 3.97. The van der Waals surface area contributed by atoms with E-state index in [2.05, 4.69) is 4.98 Å². The van der Waals surface area contributed by atoms with Gasteiger partial charge in [0.2, 0.25) is 0 Å². The zero-order valence-corrected chi connectivity index (χ0v) is 8.89. The molecule has 0 saturated carbocycles. The Bertz CT molecular complexity index is 299. The normalized spacial score (nSPS) is 10.8. The van der Waals surface area contributed by atoms with Gasteiger partial charge in [-0.3, -0.25) is 0 Å². The van der Waals surface area contributed by atoms with Gasteiger partial charge in [-0.1, -0.05) is 0 Å². The highest BCUT2D eigenvalue weighted by molar-refractivity contribution is 14.1. The number of rotatable bonds is 1. The van der Waals surface area contributed by atoms with Crippen molar-refractivity contribution in [2.45, 2.75) is 20.3 Å². The third-order valence-electron chi connectivity index (χ3n) is 1.73. The van der Waals surface area contributed by atoms with Crippen LogP contribution in [0.4, 0.5) is 8.78 Å². The molecule has 0 amide bonds. The van der Waals surface area contributed by atoms with Crippen LogP contribution in [0.5, 0.6) is 0 Å². The minimum atomic E-state index is -2.40. The lowest BCUT2D eigenvalue weighted by molar-refractivity contribution is 0.149. The molecular formula is C8H8F2IN. The molecule has 0 fully saturated rings. The van der Waals surface area contributed by atoms with Crippen molar-refractivity contribution < 1.29 is 8.78 Å². The third-order valence-corrected chi connectivity index (χ3v) is 2.82. The molecule has 0 aliphatic heterocycles. The first-order chi connectivity index (χ1) is 5.54. The average molecular weight is 283 g/mol. The van der Waals surface area contributed by atoms with Crippen molar-refractivity contribution in [3.8, 4) is 0 Å². The van der Waals surface area contributed by atoms with E-state index in [1.54, 1.807) is 13.8 Å². The molecule has 1 nitrogen and oxygen atoms in total. The minimum Gasteiger partial charge on any atom is -0.250 e. The molecule has 4 heteroatoms. The standard InChI is InChI=1S/C8H8F2IN/c1-4-3-12-8(11)5(2)6(4)7(9)10/h3,7H,1-2H3. The Morgan fingerprint density at radius 1 is 1.42 bits per heavy atom. The second-order valence-corrected chi connectivity index (χ2v) is 3.59.